The van der Waals surface area contributed by atoms with Gasteiger partial charge in [0, 0.05) is 12.6 Å². The van der Waals surface area contributed by atoms with Gasteiger partial charge in [0.05, 0.1) is 6.61 Å². The van der Waals surface area contributed by atoms with Gasteiger partial charge in [0.1, 0.15) is 0 Å². The summed E-state index contributed by atoms with van der Waals surface area (Å²) in [5.74, 6) is 1.50. The Bertz CT molecular complexity index is 121. The Labute approximate surface area is 107 Å². The van der Waals surface area contributed by atoms with E-state index < -0.39 is 0 Å². The Morgan fingerprint density at radius 3 is 1.12 bits per heavy atom. The van der Waals surface area contributed by atoms with Gasteiger partial charge in [-0.15, -0.1) is 0 Å². The van der Waals surface area contributed by atoms with Gasteiger partial charge in [-0.2, -0.15) is 0 Å². The second-order valence-corrected chi connectivity index (χ2v) is 5.30. The summed E-state index contributed by atoms with van der Waals surface area (Å²) in [5.41, 5.74) is 10.5. The molecule has 0 saturated heterocycles. The van der Waals surface area contributed by atoms with Crippen molar-refractivity contribution in [3.8, 4) is 0 Å². The van der Waals surface area contributed by atoms with Crippen LogP contribution in [0.2, 0.25) is 0 Å². The van der Waals surface area contributed by atoms with E-state index in [-0.39, 0.29) is 12.6 Å². The molecule has 0 fully saturated rings. The zero-order valence-corrected chi connectivity index (χ0v) is 12.5. The van der Waals surface area contributed by atoms with E-state index in [1.54, 1.807) is 0 Å². The van der Waals surface area contributed by atoms with Gasteiger partial charge in [0.2, 0.25) is 0 Å². The molecule has 1 unspecified atom stereocenters. The molecule has 108 valence electrons. The molecular weight excluding hydrogens is 216 g/mol. The third kappa shape index (κ3) is 31.3. The van der Waals surface area contributed by atoms with E-state index in [1.807, 2.05) is 27.7 Å². The second kappa shape index (κ2) is 15.8. The Kier molecular flexibility index (Phi) is 20.6. The van der Waals surface area contributed by atoms with E-state index in [4.69, 9.17) is 21.7 Å². The van der Waals surface area contributed by atoms with Crippen LogP contribution in [0.25, 0.3) is 0 Å². The van der Waals surface area contributed by atoms with E-state index in [0.717, 1.165) is 6.54 Å². The summed E-state index contributed by atoms with van der Waals surface area (Å²) in [6.45, 7) is 13.3. The van der Waals surface area contributed by atoms with Crippen molar-refractivity contribution in [2.45, 2.75) is 47.6 Å². The highest BCUT2D eigenvalue weighted by Crippen LogP contribution is 1.94. The lowest BCUT2D eigenvalue weighted by molar-refractivity contribution is 0.238. The average molecular weight is 250 g/mol. The molecular formula is C13H34N2O2. The van der Waals surface area contributed by atoms with E-state index in [9.17, 15) is 0 Å². The molecule has 0 aromatic heterocycles. The third-order valence-corrected chi connectivity index (χ3v) is 1.90. The number of nitrogens with two attached hydrogens (primary N) is 2. The molecule has 1 atom stereocenters. The fourth-order valence-electron chi connectivity index (χ4n) is 0.211. The van der Waals surface area contributed by atoms with Crippen LogP contribution in [-0.4, -0.2) is 36.0 Å². The Balaban J connectivity index is -0.000000177. The Hall–Kier alpha value is -0.160. The predicted molar refractivity (Wildman–Crippen MR) is 75.7 cm³/mol. The van der Waals surface area contributed by atoms with Crippen molar-refractivity contribution in [1.82, 2.24) is 0 Å². The maximum atomic E-state index is 8.38. The average Bonchev–Trinajstić information content (AvgIpc) is 2.29. The Morgan fingerprint density at radius 1 is 0.824 bits per heavy atom. The zero-order valence-electron chi connectivity index (χ0n) is 12.5. The van der Waals surface area contributed by atoms with Crippen LogP contribution >= 0.6 is 0 Å². The van der Waals surface area contributed by atoms with Gasteiger partial charge in [0.25, 0.3) is 0 Å². The molecule has 17 heavy (non-hydrogen) atoms. The lowest BCUT2D eigenvalue weighted by atomic mass is 10.1. The summed E-state index contributed by atoms with van der Waals surface area (Å²) in [5, 5.41) is 16.5. The van der Waals surface area contributed by atoms with Crippen molar-refractivity contribution in [3.05, 3.63) is 0 Å². The van der Waals surface area contributed by atoms with Crippen LogP contribution in [0.15, 0.2) is 0 Å². The maximum absolute atomic E-state index is 8.38. The van der Waals surface area contributed by atoms with Crippen LogP contribution in [-0.2, 0) is 0 Å². The van der Waals surface area contributed by atoms with Gasteiger partial charge in [-0.3, -0.25) is 0 Å². The van der Waals surface area contributed by atoms with Gasteiger partial charge in [-0.05, 0) is 24.3 Å². The summed E-state index contributed by atoms with van der Waals surface area (Å²) in [6.07, 6.45) is 0. The first-order valence-corrected chi connectivity index (χ1v) is 6.40. The highest BCUT2D eigenvalue weighted by molar-refractivity contribution is 4.61. The molecule has 0 aliphatic heterocycles. The second-order valence-electron chi connectivity index (χ2n) is 5.30. The summed E-state index contributed by atoms with van der Waals surface area (Å²) in [7, 11) is 0. The molecule has 0 aliphatic carbocycles. The third-order valence-electron chi connectivity index (χ3n) is 1.90. The molecule has 0 saturated carbocycles. The van der Waals surface area contributed by atoms with Crippen LogP contribution in [0.4, 0.5) is 0 Å². The van der Waals surface area contributed by atoms with Crippen molar-refractivity contribution in [2.24, 2.45) is 29.2 Å². The number of aliphatic hydroxyl groups is 2. The zero-order chi connectivity index (χ0) is 14.4. The Morgan fingerprint density at radius 2 is 1.12 bits per heavy atom. The fraction of sp³-hybridized carbons (Fsp3) is 1.00. The predicted octanol–water partition coefficient (Wildman–Crippen LogP) is 1.20. The molecule has 0 bridgehead atoms. The first-order valence-electron chi connectivity index (χ1n) is 6.40. The summed E-state index contributed by atoms with van der Waals surface area (Å²) in [4.78, 5) is 0. The van der Waals surface area contributed by atoms with Crippen LogP contribution in [0.5, 0.6) is 0 Å². The molecule has 6 N–H and O–H groups in total. The molecule has 4 nitrogen and oxygen atoms in total. The first kappa shape index (κ1) is 22.1. The van der Waals surface area contributed by atoms with Gasteiger partial charge in [-0.25, -0.2) is 0 Å². The molecule has 0 aromatic carbocycles. The number of hydrogen-bond acceptors (Lipinski definition) is 4. The van der Waals surface area contributed by atoms with E-state index in [0.29, 0.717) is 24.4 Å². The van der Waals surface area contributed by atoms with Gasteiger partial charge < -0.3 is 21.7 Å². The van der Waals surface area contributed by atoms with Crippen molar-refractivity contribution >= 4 is 0 Å². The number of rotatable bonds is 4. The minimum absolute atomic E-state index is 0.0417. The molecule has 0 rings (SSSR count). The topological polar surface area (TPSA) is 92.5 Å². The fourth-order valence-corrected chi connectivity index (χ4v) is 0.211. The standard InChI is InChI=1S/C5H13NO.C4H11N.C4H10O/c1-4(2)5(6)3-7;2*1-4(2)3-5/h4-5,7H,3,6H2,1-2H3;4H,3,5H2,1-2H3;4-5H,3H2,1-2H3. The van der Waals surface area contributed by atoms with Crippen LogP contribution in [0.1, 0.15) is 41.5 Å². The minimum atomic E-state index is -0.0417. The molecule has 0 aliphatic rings. The van der Waals surface area contributed by atoms with Gasteiger partial charge >= 0.3 is 0 Å². The van der Waals surface area contributed by atoms with Crippen molar-refractivity contribution in [2.75, 3.05) is 19.8 Å². The van der Waals surface area contributed by atoms with Gasteiger partial charge in [0.15, 0.2) is 0 Å². The molecule has 0 amide bonds. The highest BCUT2D eigenvalue weighted by atomic mass is 16.3. The first-order chi connectivity index (χ1) is 7.72. The minimum Gasteiger partial charge on any atom is -0.396 e. The quantitative estimate of drug-likeness (QED) is 0.603. The van der Waals surface area contributed by atoms with Crippen molar-refractivity contribution < 1.29 is 10.2 Å². The molecule has 0 radical (unpaired) electrons. The molecule has 0 aromatic rings. The monoisotopic (exact) mass is 250 g/mol. The molecule has 4 heteroatoms. The molecule has 0 heterocycles. The van der Waals surface area contributed by atoms with Crippen LogP contribution in [0.3, 0.4) is 0 Å². The number of aliphatic hydroxyl groups excluding tert-OH is 2. The van der Waals surface area contributed by atoms with Crippen molar-refractivity contribution in [1.29, 1.82) is 0 Å². The van der Waals surface area contributed by atoms with Crippen molar-refractivity contribution in [3.63, 3.8) is 0 Å². The van der Waals surface area contributed by atoms with E-state index >= 15 is 0 Å². The summed E-state index contributed by atoms with van der Waals surface area (Å²) < 4.78 is 0. The highest BCUT2D eigenvalue weighted by Gasteiger charge is 2.02. The van der Waals surface area contributed by atoms with E-state index in [2.05, 4.69) is 13.8 Å². The lowest BCUT2D eigenvalue weighted by Crippen LogP contribution is -2.29. The normalized spacial score (nSPS) is 11.8. The van der Waals surface area contributed by atoms with E-state index in [1.165, 1.54) is 0 Å². The summed E-state index contributed by atoms with van der Waals surface area (Å²) in [6, 6.07) is -0.0417. The maximum Gasteiger partial charge on any atom is 0.0585 e. The smallest absolute Gasteiger partial charge is 0.0585 e. The van der Waals surface area contributed by atoms with Crippen LogP contribution in [0, 0.1) is 17.8 Å². The molecule has 0 spiro atoms. The number of hydrogen-bond donors (Lipinski definition) is 4. The van der Waals surface area contributed by atoms with Crippen LogP contribution < -0.4 is 11.5 Å². The SMILES string of the molecule is CC(C)C(N)CO.CC(C)CN.CC(C)CO. The van der Waals surface area contributed by atoms with Gasteiger partial charge in [-0.1, -0.05) is 41.5 Å². The summed E-state index contributed by atoms with van der Waals surface area (Å²) >= 11 is 0. The largest absolute Gasteiger partial charge is 0.396 e. The lowest BCUT2D eigenvalue weighted by Gasteiger charge is -2.10.